The van der Waals surface area contributed by atoms with E-state index < -0.39 is 11.4 Å². The Hall–Kier alpha value is -5.40. The SMILES string of the molecule is COc1cccc(OC)c1Oc1nn2nc(-c3cccc(C(=O)OSN)c3)[nH]c2c1/N=N/c1[nH]nc(C(C)(C)C)c1C#N. The number of carbonyl (C=O) groups excluding carboxylic acids is 1. The van der Waals surface area contributed by atoms with E-state index in [1.54, 1.807) is 42.5 Å². The van der Waals surface area contributed by atoms with Gasteiger partial charge in [0.15, 0.2) is 34.5 Å². The molecule has 15 nitrogen and oxygen atoms in total. The van der Waals surface area contributed by atoms with Gasteiger partial charge in [-0.15, -0.1) is 25.1 Å². The number of hydrogen-bond donors (Lipinski definition) is 3. The zero-order valence-corrected chi connectivity index (χ0v) is 24.5. The third-order valence-electron chi connectivity index (χ3n) is 6.14. The van der Waals surface area contributed by atoms with Crippen LogP contribution in [0.2, 0.25) is 0 Å². The van der Waals surface area contributed by atoms with E-state index in [1.165, 1.54) is 18.8 Å². The van der Waals surface area contributed by atoms with Crippen molar-refractivity contribution in [3.05, 3.63) is 59.3 Å². The van der Waals surface area contributed by atoms with Gasteiger partial charge in [0.2, 0.25) is 5.75 Å². The highest BCUT2D eigenvalue weighted by molar-refractivity contribution is 7.92. The monoisotopic (exact) mass is 602 g/mol. The van der Waals surface area contributed by atoms with E-state index in [4.69, 9.17) is 23.5 Å². The van der Waals surface area contributed by atoms with Crippen molar-refractivity contribution in [2.45, 2.75) is 26.2 Å². The van der Waals surface area contributed by atoms with Crippen molar-refractivity contribution in [1.82, 2.24) is 30.0 Å². The molecule has 0 aliphatic carbocycles. The number of carbonyl (C=O) groups is 1. The standard InChI is InChI=1S/C27H26N10O5S/c1-27(2,3)21-16(13-28)23(34-32-21)33-31-19-24-30-22(14-8-6-9-15(12-14)26(38)42-43-29)35-37(24)36-25(19)41-20-17(39-4)10-7-11-18(20)40-5/h6-12H,29H2,1-5H3,(H,30,35)(H,32,34)/b33-31+. The van der Waals surface area contributed by atoms with Crippen LogP contribution in [0.4, 0.5) is 11.5 Å². The topological polar surface area (TPSA) is 203 Å². The Morgan fingerprint density at radius 2 is 1.81 bits per heavy atom. The Balaban J connectivity index is 1.63. The molecular weight excluding hydrogens is 576 g/mol. The van der Waals surface area contributed by atoms with Crippen molar-refractivity contribution in [2.24, 2.45) is 15.4 Å². The molecule has 0 aliphatic rings. The number of rotatable bonds is 9. The number of methoxy groups -OCH3 is 2. The zero-order chi connectivity index (χ0) is 30.7. The zero-order valence-electron chi connectivity index (χ0n) is 23.7. The van der Waals surface area contributed by atoms with Crippen LogP contribution in [0.25, 0.3) is 17.0 Å². The second kappa shape index (κ2) is 11.8. The fourth-order valence-corrected chi connectivity index (χ4v) is 4.32. The van der Waals surface area contributed by atoms with E-state index in [-0.39, 0.29) is 34.3 Å². The summed E-state index contributed by atoms with van der Waals surface area (Å²) in [4.78, 5) is 15.4. The lowest BCUT2D eigenvalue weighted by molar-refractivity contribution is 0.0768. The molecule has 0 amide bonds. The third-order valence-corrected chi connectivity index (χ3v) is 6.39. The number of nitrogens with one attached hydrogen (secondary N) is 2. The smallest absolute Gasteiger partial charge is 0.351 e. The van der Waals surface area contributed by atoms with Crippen LogP contribution < -0.4 is 19.3 Å². The number of aromatic nitrogens is 6. The number of nitrogens with zero attached hydrogens (tertiary/aromatic N) is 7. The van der Waals surface area contributed by atoms with Gasteiger partial charge < -0.3 is 23.4 Å². The minimum atomic E-state index is -0.607. The molecule has 43 heavy (non-hydrogen) atoms. The molecule has 3 aromatic heterocycles. The molecule has 0 spiro atoms. The average molecular weight is 603 g/mol. The highest BCUT2D eigenvalue weighted by Gasteiger charge is 2.26. The van der Waals surface area contributed by atoms with Crippen molar-refractivity contribution >= 4 is 35.4 Å². The van der Waals surface area contributed by atoms with E-state index in [0.717, 1.165) is 0 Å². The second-order valence-corrected chi connectivity index (χ2v) is 10.3. The number of hydrogen-bond acceptors (Lipinski definition) is 13. The molecule has 0 radical (unpaired) electrons. The Labute approximate surface area is 249 Å². The maximum absolute atomic E-state index is 12.2. The van der Waals surface area contributed by atoms with Gasteiger partial charge in [0.25, 0.3) is 5.88 Å². The number of nitrogens with two attached hydrogens (primary N) is 1. The van der Waals surface area contributed by atoms with Gasteiger partial charge in [0.05, 0.1) is 25.5 Å². The molecule has 5 rings (SSSR count). The van der Waals surface area contributed by atoms with Gasteiger partial charge in [-0.25, -0.2) is 9.93 Å². The fourth-order valence-electron chi connectivity index (χ4n) is 4.14. The van der Waals surface area contributed by atoms with Crippen molar-refractivity contribution in [3.63, 3.8) is 0 Å². The molecule has 2 aromatic carbocycles. The summed E-state index contributed by atoms with van der Waals surface area (Å²) in [7, 11) is 3.00. The van der Waals surface area contributed by atoms with Crippen LogP contribution in [0.1, 0.15) is 42.4 Å². The first kappa shape index (κ1) is 29.1. The minimum absolute atomic E-state index is 0.0169. The third kappa shape index (κ3) is 5.71. The lowest BCUT2D eigenvalue weighted by Gasteiger charge is -2.14. The van der Waals surface area contributed by atoms with Gasteiger partial charge in [0, 0.05) is 11.0 Å². The lowest BCUT2D eigenvalue weighted by atomic mass is 9.90. The Morgan fingerprint density at radius 3 is 2.47 bits per heavy atom. The van der Waals surface area contributed by atoms with Gasteiger partial charge in [-0.1, -0.05) is 39.0 Å². The summed E-state index contributed by atoms with van der Waals surface area (Å²) in [5, 5.41) is 39.8. The number of para-hydroxylation sites is 1. The summed E-state index contributed by atoms with van der Waals surface area (Å²) in [6.45, 7) is 5.82. The Morgan fingerprint density at radius 1 is 1.09 bits per heavy atom. The molecule has 4 N–H and O–H groups in total. The second-order valence-electron chi connectivity index (χ2n) is 9.96. The van der Waals surface area contributed by atoms with E-state index in [9.17, 15) is 10.1 Å². The number of aromatic amines is 2. The van der Waals surface area contributed by atoms with Crippen LogP contribution >= 0.6 is 12.2 Å². The number of fused-ring (bicyclic) bond motifs is 1. The molecule has 0 aliphatic heterocycles. The number of benzene rings is 2. The van der Waals surface area contributed by atoms with Gasteiger partial charge in [-0.05, 0) is 24.3 Å². The summed E-state index contributed by atoms with van der Waals surface area (Å²) in [6.07, 6.45) is 0. The van der Waals surface area contributed by atoms with Gasteiger partial charge >= 0.3 is 5.97 Å². The summed E-state index contributed by atoms with van der Waals surface area (Å²) in [6, 6.07) is 13.9. The highest BCUT2D eigenvalue weighted by Crippen LogP contribution is 2.44. The van der Waals surface area contributed by atoms with Crippen LogP contribution in [-0.2, 0) is 9.60 Å². The number of ether oxygens (including phenoxy) is 3. The van der Waals surface area contributed by atoms with Crippen molar-refractivity contribution in [3.8, 4) is 40.6 Å². The first-order chi connectivity index (χ1) is 20.7. The maximum Gasteiger partial charge on any atom is 0.351 e. The van der Waals surface area contributed by atoms with Crippen LogP contribution in [0, 0.1) is 11.3 Å². The molecular formula is C27H26N10O5S. The highest BCUT2D eigenvalue weighted by atomic mass is 32.2. The molecule has 0 atom stereocenters. The number of H-pyrrole nitrogens is 2. The van der Waals surface area contributed by atoms with E-state index in [2.05, 4.69) is 41.7 Å². The quantitative estimate of drug-likeness (QED) is 0.109. The molecule has 0 unspecified atom stereocenters. The molecule has 0 bridgehead atoms. The Kier molecular flexibility index (Phi) is 8.01. The number of azo groups is 1. The minimum Gasteiger partial charge on any atom is -0.493 e. The summed E-state index contributed by atoms with van der Waals surface area (Å²) in [5.74, 6) is 0.973. The summed E-state index contributed by atoms with van der Waals surface area (Å²) >= 11 is 0.461. The molecule has 5 aromatic rings. The normalized spacial score (nSPS) is 11.6. The van der Waals surface area contributed by atoms with Crippen molar-refractivity contribution in [1.29, 1.82) is 5.26 Å². The maximum atomic E-state index is 12.2. The van der Waals surface area contributed by atoms with Crippen LogP contribution in [0.5, 0.6) is 23.1 Å². The largest absolute Gasteiger partial charge is 0.493 e. The van der Waals surface area contributed by atoms with Crippen molar-refractivity contribution in [2.75, 3.05) is 14.2 Å². The van der Waals surface area contributed by atoms with Crippen LogP contribution in [0.15, 0.2) is 52.7 Å². The van der Waals surface area contributed by atoms with E-state index in [1.807, 2.05) is 20.8 Å². The summed E-state index contributed by atoms with van der Waals surface area (Å²) in [5.41, 5.74) is 1.70. The summed E-state index contributed by atoms with van der Waals surface area (Å²) < 4.78 is 23.2. The van der Waals surface area contributed by atoms with Gasteiger partial charge in [0.1, 0.15) is 23.9 Å². The average Bonchev–Trinajstić information content (AvgIpc) is 3.69. The van der Waals surface area contributed by atoms with Gasteiger partial charge in [-0.3, -0.25) is 5.10 Å². The van der Waals surface area contributed by atoms with E-state index in [0.29, 0.717) is 46.5 Å². The molecule has 0 fully saturated rings. The predicted molar refractivity (Wildman–Crippen MR) is 156 cm³/mol. The van der Waals surface area contributed by atoms with Crippen LogP contribution in [-0.4, -0.2) is 50.2 Å². The fraction of sp³-hybridized carbons (Fsp3) is 0.222. The predicted octanol–water partition coefficient (Wildman–Crippen LogP) is 5.52. The molecule has 0 saturated carbocycles. The molecule has 3 heterocycles. The molecule has 16 heteroatoms. The Bertz CT molecular complexity index is 1860. The first-order valence-electron chi connectivity index (χ1n) is 12.6. The molecule has 220 valence electrons. The van der Waals surface area contributed by atoms with Crippen LogP contribution in [0.3, 0.4) is 0 Å². The lowest BCUT2D eigenvalue weighted by Crippen LogP contribution is -2.13. The van der Waals surface area contributed by atoms with Crippen molar-refractivity contribution < 1.29 is 23.2 Å². The first-order valence-corrected chi connectivity index (χ1v) is 13.5. The number of nitriles is 1. The molecule has 0 saturated heterocycles. The van der Waals surface area contributed by atoms with Gasteiger partial charge in [-0.2, -0.15) is 10.4 Å². The van der Waals surface area contributed by atoms with E-state index >= 15 is 0 Å².